The van der Waals surface area contributed by atoms with Crippen molar-refractivity contribution in [2.24, 2.45) is 10.8 Å². The van der Waals surface area contributed by atoms with E-state index in [4.69, 9.17) is 19.5 Å². The highest BCUT2D eigenvalue weighted by molar-refractivity contribution is 8.13. The van der Waals surface area contributed by atoms with E-state index in [0.29, 0.717) is 0 Å². The number of aliphatic hydroxyl groups is 4. The van der Waals surface area contributed by atoms with Crippen LogP contribution < -0.4 is 16.4 Å². The Kier molecular flexibility index (Phi) is 16.9. The molecule has 0 aliphatic carbocycles. The summed E-state index contributed by atoms with van der Waals surface area (Å²) < 4.78 is 62.0. The molecule has 1 aliphatic rings. The number of phosphoric ester groups is 3. The highest BCUT2D eigenvalue weighted by Crippen LogP contribution is 2.61. The molecule has 26 nitrogen and oxygen atoms in total. The van der Waals surface area contributed by atoms with Gasteiger partial charge in [0.15, 0.2) is 17.7 Å². The molecule has 0 spiro atoms. The van der Waals surface area contributed by atoms with E-state index in [1.165, 1.54) is 27.7 Å². The van der Waals surface area contributed by atoms with Gasteiger partial charge in [-0.25, -0.2) is 28.6 Å². The molecule has 0 saturated carbocycles. The van der Waals surface area contributed by atoms with Gasteiger partial charge in [0.25, 0.3) is 0 Å². The molecule has 2 amide bonds. The van der Waals surface area contributed by atoms with E-state index in [1.807, 2.05) is 0 Å². The van der Waals surface area contributed by atoms with Crippen LogP contribution in [-0.2, 0) is 50.7 Å². The summed E-state index contributed by atoms with van der Waals surface area (Å²) in [5.41, 5.74) is 3.16. The normalized spacial score (nSPS) is 22.4. The number of nitrogens with one attached hydrogen (secondary N) is 2. The third kappa shape index (κ3) is 14.0. The molecule has 1 fully saturated rings. The second-order valence-corrected chi connectivity index (χ2v) is 19.1. The van der Waals surface area contributed by atoms with Crippen molar-refractivity contribution in [3.8, 4) is 0 Å². The summed E-state index contributed by atoms with van der Waals surface area (Å²) in [5.74, 6) is -1.49. The molecule has 12 N–H and O–H groups in total. The monoisotopic (exact) mass is 897 g/mol. The fourth-order valence-corrected chi connectivity index (χ4v) is 8.48. The Bertz CT molecular complexity index is 1880. The minimum absolute atomic E-state index is 0.0200. The van der Waals surface area contributed by atoms with Crippen LogP contribution in [0.1, 0.15) is 40.3 Å². The molecule has 8 atom stereocenters. The van der Waals surface area contributed by atoms with E-state index < -0.39 is 108 Å². The van der Waals surface area contributed by atoms with Crippen molar-refractivity contribution in [1.82, 2.24) is 30.2 Å². The van der Waals surface area contributed by atoms with E-state index in [2.05, 4.69) is 34.4 Å². The molecule has 324 valence electrons. The van der Waals surface area contributed by atoms with Crippen LogP contribution in [0.3, 0.4) is 0 Å². The maximum atomic E-state index is 12.7. The van der Waals surface area contributed by atoms with Gasteiger partial charge in [-0.2, -0.15) is 4.31 Å². The molecule has 3 unspecified atom stereocenters. The molecule has 1 aliphatic heterocycles. The van der Waals surface area contributed by atoms with Gasteiger partial charge in [-0.15, -0.1) is 0 Å². The topological polar surface area (TPSA) is 404 Å². The highest BCUT2D eigenvalue weighted by atomic mass is 32.2. The van der Waals surface area contributed by atoms with E-state index in [1.54, 1.807) is 0 Å². The average molecular weight is 898 g/mol. The van der Waals surface area contributed by atoms with Crippen LogP contribution >= 0.6 is 35.2 Å². The average Bonchev–Trinajstić information content (AvgIpc) is 3.67. The second-order valence-electron chi connectivity index (χ2n) is 13.8. The minimum Gasteiger partial charge on any atom is -0.396 e. The number of nitrogens with two attached hydrogens (primary N) is 1. The molecular formula is C27H46N7O19P3S. The van der Waals surface area contributed by atoms with Crippen molar-refractivity contribution in [3.63, 3.8) is 0 Å². The first kappa shape index (κ1) is 48.8. The standard InChI is InChI=1S/C27H46N7O19P3S/c1-26(2,10-35)20(39)25(41)57-8-7-29-15(36)5-6-30-23(40)19(38)27(3,4)11-50-56(47,48)53-55(45,46)49-9-14-18(52-54(42,43)44)17(37)24(51-14)34-13-33-16-21(28)31-12-32-22(16)34/h12-14,17-20,24,35,37-39H,5-11H2,1-4H3,(H,29,36)(H,30,40)(H,45,46)(H,47,48)(H2,28,31,32)(H2,42,43,44)/t14-,17-,18-,19+,20?,24-/m1/s1. The zero-order chi connectivity index (χ0) is 43.1. The van der Waals surface area contributed by atoms with Gasteiger partial charge >= 0.3 is 23.5 Å². The van der Waals surface area contributed by atoms with Gasteiger partial charge in [-0.3, -0.25) is 32.5 Å². The Morgan fingerprint density at radius 2 is 1.63 bits per heavy atom. The number of anilines is 1. The van der Waals surface area contributed by atoms with Gasteiger partial charge < -0.3 is 61.1 Å². The molecule has 0 radical (unpaired) electrons. The zero-order valence-electron chi connectivity index (χ0n) is 30.8. The number of nitrogens with zero attached hydrogens (tertiary/aromatic N) is 4. The fourth-order valence-electron chi connectivity index (χ4n) is 4.77. The number of rotatable bonds is 22. The third-order valence-electron chi connectivity index (χ3n) is 8.12. The predicted molar refractivity (Wildman–Crippen MR) is 194 cm³/mol. The van der Waals surface area contributed by atoms with E-state index in [9.17, 15) is 68.1 Å². The zero-order valence-corrected chi connectivity index (χ0v) is 34.3. The van der Waals surface area contributed by atoms with Crippen molar-refractivity contribution in [3.05, 3.63) is 12.7 Å². The van der Waals surface area contributed by atoms with E-state index in [0.717, 1.165) is 29.0 Å². The van der Waals surface area contributed by atoms with Crippen molar-refractivity contribution in [2.45, 2.75) is 70.9 Å². The first-order valence-electron chi connectivity index (χ1n) is 16.5. The Morgan fingerprint density at radius 1 is 0.982 bits per heavy atom. The smallest absolute Gasteiger partial charge is 0.396 e. The molecule has 1 saturated heterocycles. The summed E-state index contributed by atoms with van der Waals surface area (Å²) in [6, 6.07) is 0. The number of carbonyl (C=O) groups excluding carboxylic acids is 3. The van der Waals surface area contributed by atoms with Crippen molar-refractivity contribution >= 4 is 69.1 Å². The number of ether oxygens (including phenoxy) is 1. The lowest BCUT2D eigenvalue weighted by Crippen LogP contribution is -2.46. The van der Waals surface area contributed by atoms with Crippen LogP contribution in [-0.4, -0.2) is 146 Å². The number of fused-ring (bicyclic) bond motifs is 1. The van der Waals surface area contributed by atoms with Gasteiger partial charge in [0.05, 0.1) is 26.1 Å². The van der Waals surface area contributed by atoms with Crippen LogP contribution in [0.4, 0.5) is 5.82 Å². The quantitative estimate of drug-likeness (QED) is 0.0452. The number of hydrogen-bond acceptors (Lipinski definition) is 20. The van der Waals surface area contributed by atoms with E-state index in [-0.39, 0.29) is 42.2 Å². The number of amides is 2. The van der Waals surface area contributed by atoms with Crippen molar-refractivity contribution < 1.29 is 90.7 Å². The van der Waals surface area contributed by atoms with Crippen LogP contribution in [0.15, 0.2) is 12.7 Å². The number of carbonyl (C=O) groups is 3. The Balaban J connectivity index is 1.48. The Hall–Kier alpha value is -2.52. The summed E-state index contributed by atoms with van der Waals surface area (Å²) in [5, 5.41) is 44.9. The number of nitrogen functional groups attached to an aromatic ring is 1. The first-order valence-corrected chi connectivity index (χ1v) is 22.1. The minimum atomic E-state index is -5.59. The maximum absolute atomic E-state index is 12.7. The van der Waals surface area contributed by atoms with Gasteiger partial charge in [0, 0.05) is 36.1 Å². The number of imidazole rings is 1. The lowest BCUT2D eigenvalue weighted by molar-refractivity contribution is -0.137. The van der Waals surface area contributed by atoms with Crippen molar-refractivity contribution in [1.29, 1.82) is 0 Å². The Labute approximate surface area is 328 Å². The van der Waals surface area contributed by atoms with Gasteiger partial charge in [-0.1, -0.05) is 39.5 Å². The van der Waals surface area contributed by atoms with Crippen LogP contribution in [0.5, 0.6) is 0 Å². The predicted octanol–water partition coefficient (Wildman–Crippen LogP) is -1.96. The number of phosphoric acid groups is 3. The Morgan fingerprint density at radius 3 is 2.26 bits per heavy atom. The summed E-state index contributed by atoms with van der Waals surface area (Å²) in [4.78, 5) is 87.6. The summed E-state index contributed by atoms with van der Waals surface area (Å²) in [7, 11) is -16.4. The van der Waals surface area contributed by atoms with Crippen LogP contribution in [0.25, 0.3) is 11.2 Å². The molecule has 2 aromatic rings. The molecule has 0 bridgehead atoms. The van der Waals surface area contributed by atoms with Gasteiger partial charge in [-0.05, 0) is 0 Å². The molecular weight excluding hydrogens is 851 g/mol. The largest absolute Gasteiger partial charge is 0.481 e. The second kappa shape index (κ2) is 19.7. The number of thioether (sulfide) groups is 1. The van der Waals surface area contributed by atoms with E-state index >= 15 is 0 Å². The van der Waals surface area contributed by atoms with Gasteiger partial charge in [0.1, 0.15) is 42.4 Å². The number of aliphatic hydroxyl groups excluding tert-OH is 4. The molecule has 3 rings (SSSR count). The van der Waals surface area contributed by atoms with Crippen LogP contribution in [0.2, 0.25) is 0 Å². The molecule has 57 heavy (non-hydrogen) atoms. The highest BCUT2D eigenvalue weighted by Gasteiger charge is 2.50. The molecule has 2 aromatic heterocycles. The first-order chi connectivity index (χ1) is 26.2. The van der Waals surface area contributed by atoms with Gasteiger partial charge in [0.2, 0.25) is 16.9 Å². The summed E-state index contributed by atoms with van der Waals surface area (Å²) in [6.07, 6.45) is -8.52. The summed E-state index contributed by atoms with van der Waals surface area (Å²) >= 11 is 0.759. The lowest BCUT2D eigenvalue weighted by Gasteiger charge is -2.30. The fraction of sp³-hybridized carbons (Fsp3) is 0.704. The third-order valence-corrected chi connectivity index (χ3v) is 12.1. The number of hydrogen-bond donors (Lipinski definition) is 11. The number of aromatic nitrogens is 4. The maximum Gasteiger partial charge on any atom is 0.481 e. The lowest BCUT2D eigenvalue weighted by atomic mass is 9.87. The molecule has 0 aromatic carbocycles. The molecule has 30 heteroatoms. The molecule has 3 heterocycles. The van der Waals surface area contributed by atoms with Crippen LogP contribution in [0, 0.1) is 10.8 Å². The summed E-state index contributed by atoms with van der Waals surface area (Å²) in [6.45, 7) is 2.77. The van der Waals surface area contributed by atoms with Crippen molar-refractivity contribution in [2.75, 3.05) is 44.4 Å². The SMILES string of the molecule is CC(C)(CO)C(O)C(=O)SCCNC(=O)CCNC(=O)[C@H](O)C(C)(C)COP(=O)(O)OP(=O)(O)OC[C@H]1O[C@@H](n2cnc3c(N)ncnc32)[C@H](O)[C@@H]1OP(=O)(O)O.